The van der Waals surface area contributed by atoms with Gasteiger partial charge in [-0.15, -0.1) is 0 Å². The van der Waals surface area contributed by atoms with Gasteiger partial charge >= 0.3 is 11.9 Å². The molecule has 2 aromatic carbocycles. The molecule has 2 aliphatic heterocycles. The highest BCUT2D eigenvalue weighted by Crippen LogP contribution is 2.30. The van der Waals surface area contributed by atoms with Crippen LogP contribution < -0.4 is 0 Å². The predicted molar refractivity (Wildman–Crippen MR) is 144 cm³/mol. The van der Waals surface area contributed by atoms with Crippen molar-refractivity contribution in [3.05, 3.63) is 48.0 Å². The number of likely N-dealkylation sites (tertiary alicyclic amines) is 1. The zero-order valence-corrected chi connectivity index (χ0v) is 21.6. The van der Waals surface area contributed by atoms with Crippen LogP contribution in [0.1, 0.15) is 25.3 Å². The van der Waals surface area contributed by atoms with Gasteiger partial charge in [-0.05, 0) is 56.6 Å². The molecule has 2 fully saturated rings. The van der Waals surface area contributed by atoms with Crippen LogP contribution in [-0.4, -0.2) is 105 Å². The summed E-state index contributed by atoms with van der Waals surface area (Å²) >= 11 is 0. The fourth-order valence-electron chi connectivity index (χ4n) is 5.73. The van der Waals surface area contributed by atoms with Crippen LogP contribution in [-0.2, 0) is 22.7 Å². The van der Waals surface area contributed by atoms with Crippen LogP contribution >= 0.6 is 0 Å². The number of hydrogen-bond donors (Lipinski definition) is 3. The Bertz CT molecular complexity index is 1200. The van der Waals surface area contributed by atoms with E-state index in [1.165, 1.54) is 53.3 Å². The van der Waals surface area contributed by atoms with Gasteiger partial charge in [-0.1, -0.05) is 24.3 Å². The summed E-state index contributed by atoms with van der Waals surface area (Å²) in [6, 6.07) is 16.6. The molecule has 9 nitrogen and oxygen atoms in total. The molecule has 0 saturated carbocycles. The minimum Gasteiger partial charge on any atom is -0.473 e. The number of aliphatic carboxylic acids is 2. The number of aromatic nitrogens is 1. The number of piperazine rings is 1. The lowest BCUT2D eigenvalue weighted by atomic mass is 10.0. The van der Waals surface area contributed by atoms with E-state index in [1.807, 2.05) is 0 Å². The average Bonchev–Trinajstić information content (AvgIpc) is 3.23. The molecule has 0 spiro atoms. The standard InChI is InChI=1S/C26H36N4O.C2H2O4/c1-2-30-25-6-4-3-5-23(25)24-19-21(7-8-26(24)30)20-28-11-9-22(10-12-28)29-15-13-27(14-16-29)17-18-31;3-1(4)2(5)6/h3-8,19,22,31H,2,9-18,20H2,1H3;(H,3,4)(H,5,6). The summed E-state index contributed by atoms with van der Waals surface area (Å²) in [5.74, 6) is -3.65. The van der Waals surface area contributed by atoms with Crippen molar-refractivity contribution in [2.45, 2.75) is 38.9 Å². The Balaban J connectivity index is 0.000000480. The van der Waals surface area contributed by atoms with Gasteiger partial charge in [-0.3, -0.25) is 14.7 Å². The number of fused-ring (bicyclic) bond motifs is 3. The lowest BCUT2D eigenvalue weighted by molar-refractivity contribution is -0.159. The molecule has 0 amide bonds. The van der Waals surface area contributed by atoms with Crippen LogP contribution in [0, 0.1) is 0 Å². The van der Waals surface area contributed by atoms with E-state index in [1.54, 1.807) is 0 Å². The third-order valence-corrected chi connectivity index (χ3v) is 7.64. The number of carboxylic acids is 2. The van der Waals surface area contributed by atoms with E-state index in [0.29, 0.717) is 0 Å². The third-order valence-electron chi connectivity index (χ3n) is 7.64. The molecular weight excluding hydrogens is 472 g/mol. The quantitative estimate of drug-likeness (QED) is 0.434. The number of para-hydroxylation sites is 1. The van der Waals surface area contributed by atoms with E-state index in [2.05, 4.69) is 68.7 Å². The van der Waals surface area contributed by atoms with Crippen LogP contribution in [0.3, 0.4) is 0 Å². The van der Waals surface area contributed by atoms with Gasteiger partial charge in [0.2, 0.25) is 0 Å². The van der Waals surface area contributed by atoms with Gasteiger partial charge in [0.05, 0.1) is 6.61 Å². The Kier molecular flexibility index (Phi) is 9.15. The third kappa shape index (κ3) is 6.48. The summed E-state index contributed by atoms with van der Waals surface area (Å²) in [5.41, 5.74) is 4.13. The number of nitrogens with zero attached hydrogens (tertiary/aromatic N) is 4. The molecule has 200 valence electrons. The van der Waals surface area contributed by atoms with Crippen LogP contribution in [0.2, 0.25) is 0 Å². The van der Waals surface area contributed by atoms with E-state index in [0.717, 1.165) is 51.9 Å². The smallest absolute Gasteiger partial charge is 0.414 e. The zero-order chi connectivity index (χ0) is 26.4. The molecule has 0 aliphatic carbocycles. The fourth-order valence-corrected chi connectivity index (χ4v) is 5.73. The normalized spacial score (nSPS) is 18.1. The molecule has 0 atom stereocenters. The van der Waals surface area contributed by atoms with Crippen LogP contribution in [0.25, 0.3) is 21.8 Å². The number of rotatable bonds is 6. The molecular formula is C28H38N4O5. The van der Waals surface area contributed by atoms with Crippen molar-refractivity contribution < 1.29 is 24.9 Å². The van der Waals surface area contributed by atoms with E-state index in [-0.39, 0.29) is 6.61 Å². The minimum atomic E-state index is -1.82. The Labute approximate surface area is 217 Å². The van der Waals surface area contributed by atoms with Crippen LogP contribution in [0.5, 0.6) is 0 Å². The van der Waals surface area contributed by atoms with Gasteiger partial charge in [0.1, 0.15) is 0 Å². The number of piperidine rings is 1. The molecule has 0 bridgehead atoms. The number of aliphatic hydroxyl groups excluding tert-OH is 1. The summed E-state index contributed by atoms with van der Waals surface area (Å²) in [6.07, 6.45) is 2.55. The van der Waals surface area contributed by atoms with Gasteiger partial charge in [-0.2, -0.15) is 0 Å². The molecule has 3 aromatic rings. The van der Waals surface area contributed by atoms with Crippen molar-refractivity contribution in [2.75, 3.05) is 52.4 Å². The molecule has 37 heavy (non-hydrogen) atoms. The number of carboxylic acid groups (broad SMARTS) is 2. The zero-order valence-electron chi connectivity index (χ0n) is 21.6. The van der Waals surface area contributed by atoms with Crippen molar-refractivity contribution in [2.24, 2.45) is 0 Å². The number of benzene rings is 2. The second-order valence-corrected chi connectivity index (χ2v) is 9.83. The average molecular weight is 511 g/mol. The molecule has 3 heterocycles. The number of aliphatic hydroxyl groups is 1. The monoisotopic (exact) mass is 510 g/mol. The Hall–Kier alpha value is -2.98. The molecule has 0 unspecified atom stereocenters. The second kappa shape index (κ2) is 12.5. The lowest BCUT2D eigenvalue weighted by Crippen LogP contribution is -2.53. The number of hydrogen-bond acceptors (Lipinski definition) is 6. The fraction of sp³-hybridized carbons (Fsp3) is 0.500. The minimum absolute atomic E-state index is 0.281. The highest BCUT2D eigenvalue weighted by Gasteiger charge is 2.27. The van der Waals surface area contributed by atoms with E-state index >= 15 is 0 Å². The molecule has 0 radical (unpaired) electrons. The van der Waals surface area contributed by atoms with Crippen molar-refractivity contribution in [3.63, 3.8) is 0 Å². The summed E-state index contributed by atoms with van der Waals surface area (Å²) in [6.45, 7) is 12.3. The van der Waals surface area contributed by atoms with Gasteiger partial charge in [-0.25, -0.2) is 9.59 Å². The Morgan fingerprint density at radius 2 is 1.49 bits per heavy atom. The lowest BCUT2D eigenvalue weighted by Gasteiger charge is -2.42. The molecule has 9 heteroatoms. The van der Waals surface area contributed by atoms with E-state index in [4.69, 9.17) is 24.9 Å². The molecule has 5 rings (SSSR count). The molecule has 1 aromatic heterocycles. The SMILES string of the molecule is CCn1c2ccccc2c2cc(CN3CCC(N4CCN(CCO)CC4)CC3)ccc21.O=C(O)C(=O)O. The van der Waals surface area contributed by atoms with E-state index < -0.39 is 11.9 Å². The second-order valence-electron chi connectivity index (χ2n) is 9.83. The molecule has 2 saturated heterocycles. The first-order valence-corrected chi connectivity index (χ1v) is 13.2. The Morgan fingerprint density at radius 1 is 0.838 bits per heavy atom. The summed E-state index contributed by atoms with van der Waals surface area (Å²) in [4.78, 5) is 25.9. The van der Waals surface area contributed by atoms with Gasteiger partial charge in [0.15, 0.2) is 0 Å². The summed E-state index contributed by atoms with van der Waals surface area (Å²) < 4.78 is 2.43. The Morgan fingerprint density at radius 3 is 2.11 bits per heavy atom. The topological polar surface area (TPSA) is 109 Å². The molecule has 3 N–H and O–H groups in total. The van der Waals surface area contributed by atoms with Crippen molar-refractivity contribution in [3.8, 4) is 0 Å². The maximum atomic E-state index is 9.15. The highest BCUT2D eigenvalue weighted by molar-refractivity contribution is 6.27. The number of carbonyl (C=O) groups is 2. The number of β-amino-alcohol motifs (C(OH)–C–C–N with tert-alkyl or cyclic N) is 1. The van der Waals surface area contributed by atoms with Gasteiger partial charge in [0, 0.05) is 73.7 Å². The summed E-state index contributed by atoms with van der Waals surface area (Å²) in [5, 5.41) is 26.7. The van der Waals surface area contributed by atoms with Crippen LogP contribution in [0.4, 0.5) is 0 Å². The van der Waals surface area contributed by atoms with Crippen molar-refractivity contribution in [1.82, 2.24) is 19.3 Å². The molecule has 2 aliphatic rings. The first kappa shape index (κ1) is 27.1. The highest BCUT2D eigenvalue weighted by atomic mass is 16.4. The van der Waals surface area contributed by atoms with Crippen molar-refractivity contribution in [1.29, 1.82) is 0 Å². The van der Waals surface area contributed by atoms with Gasteiger partial charge < -0.3 is 19.9 Å². The largest absolute Gasteiger partial charge is 0.473 e. The van der Waals surface area contributed by atoms with Crippen LogP contribution in [0.15, 0.2) is 42.5 Å². The van der Waals surface area contributed by atoms with Crippen molar-refractivity contribution >= 4 is 33.7 Å². The summed E-state index contributed by atoms with van der Waals surface area (Å²) in [7, 11) is 0. The van der Waals surface area contributed by atoms with Gasteiger partial charge in [0.25, 0.3) is 0 Å². The first-order valence-electron chi connectivity index (χ1n) is 13.2. The maximum absolute atomic E-state index is 9.15. The van der Waals surface area contributed by atoms with E-state index in [9.17, 15) is 0 Å². The first-order chi connectivity index (χ1) is 17.9. The maximum Gasteiger partial charge on any atom is 0.414 e. The predicted octanol–water partition coefficient (Wildman–Crippen LogP) is 2.54. The number of aryl methyl sites for hydroxylation is 1.